The third-order valence-corrected chi connectivity index (χ3v) is 2.42. The maximum absolute atomic E-state index is 12.7. The van der Waals surface area contributed by atoms with Crippen molar-refractivity contribution in [1.29, 1.82) is 0 Å². The summed E-state index contributed by atoms with van der Waals surface area (Å²) in [7, 11) is 0. The van der Waals surface area contributed by atoms with Crippen molar-refractivity contribution >= 4 is 5.91 Å². The number of nitrogens with zero attached hydrogens (tertiary/aromatic N) is 1. The molecule has 2 rings (SSSR count). The summed E-state index contributed by atoms with van der Waals surface area (Å²) in [5.74, 6) is -0.506. The Morgan fingerprint density at radius 2 is 2.12 bits per heavy atom. The lowest BCUT2D eigenvalue weighted by Crippen LogP contribution is -2.23. The standard InChI is InChI=1S/C12H12FN3O/c1-8-6-15-16-11(8)12(17)14-7-9-2-4-10(13)5-3-9/h2-6H,7H2,1H3,(H,14,17)(H,15,16). The normalized spacial score (nSPS) is 10.2. The molecule has 5 heteroatoms. The van der Waals surface area contributed by atoms with E-state index in [4.69, 9.17) is 0 Å². The minimum Gasteiger partial charge on any atom is -0.347 e. The van der Waals surface area contributed by atoms with Gasteiger partial charge in [0.25, 0.3) is 5.91 Å². The van der Waals surface area contributed by atoms with Crippen molar-refractivity contribution in [2.75, 3.05) is 0 Å². The van der Waals surface area contributed by atoms with Gasteiger partial charge in [0, 0.05) is 6.54 Å². The Kier molecular flexibility index (Phi) is 3.18. The number of H-pyrrole nitrogens is 1. The first kappa shape index (κ1) is 11.3. The van der Waals surface area contributed by atoms with Crippen LogP contribution in [0, 0.1) is 12.7 Å². The maximum atomic E-state index is 12.7. The summed E-state index contributed by atoms with van der Waals surface area (Å²) in [6.45, 7) is 2.16. The topological polar surface area (TPSA) is 57.8 Å². The summed E-state index contributed by atoms with van der Waals surface area (Å²) in [5.41, 5.74) is 2.09. The molecule has 0 saturated carbocycles. The summed E-state index contributed by atoms with van der Waals surface area (Å²) >= 11 is 0. The highest BCUT2D eigenvalue weighted by Gasteiger charge is 2.09. The molecule has 0 atom stereocenters. The Morgan fingerprint density at radius 1 is 1.41 bits per heavy atom. The quantitative estimate of drug-likeness (QED) is 0.849. The minimum atomic E-state index is -0.288. The lowest BCUT2D eigenvalue weighted by molar-refractivity contribution is 0.0945. The third-order valence-electron chi connectivity index (χ3n) is 2.42. The van der Waals surface area contributed by atoms with Gasteiger partial charge in [-0.15, -0.1) is 0 Å². The van der Waals surface area contributed by atoms with Crippen molar-refractivity contribution in [3.8, 4) is 0 Å². The lowest BCUT2D eigenvalue weighted by atomic mass is 10.2. The van der Waals surface area contributed by atoms with Crippen LogP contribution in [0.15, 0.2) is 30.5 Å². The fourth-order valence-corrected chi connectivity index (χ4v) is 1.45. The molecule has 88 valence electrons. The number of aromatic nitrogens is 2. The van der Waals surface area contributed by atoms with E-state index in [-0.39, 0.29) is 11.7 Å². The molecule has 0 radical (unpaired) electrons. The average molecular weight is 233 g/mol. The highest BCUT2D eigenvalue weighted by atomic mass is 19.1. The molecule has 1 aromatic carbocycles. The molecule has 2 N–H and O–H groups in total. The van der Waals surface area contributed by atoms with Gasteiger partial charge in [-0.2, -0.15) is 5.10 Å². The first-order chi connectivity index (χ1) is 8.16. The van der Waals surface area contributed by atoms with E-state index in [0.29, 0.717) is 12.2 Å². The molecule has 2 aromatic rings. The number of aromatic amines is 1. The summed E-state index contributed by atoms with van der Waals surface area (Å²) < 4.78 is 12.7. The molecule has 0 aliphatic carbocycles. The highest BCUT2D eigenvalue weighted by molar-refractivity contribution is 5.93. The Labute approximate surface area is 97.9 Å². The highest BCUT2D eigenvalue weighted by Crippen LogP contribution is 2.04. The first-order valence-corrected chi connectivity index (χ1v) is 5.19. The number of nitrogens with one attached hydrogen (secondary N) is 2. The van der Waals surface area contributed by atoms with Gasteiger partial charge in [-0.3, -0.25) is 9.89 Å². The Hall–Kier alpha value is -2.17. The number of amides is 1. The van der Waals surface area contributed by atoms with Crippen molar-refractivity contribution in [3.05, 3.63) is 53.1 Å². The zero-order valence-electron chi connectivity index (χ0n) is 9.33. The number of aryl methyl sites for hydroxylation is 1. The van der Waals surface area contributed by atoms with Crippen LogP contribution in [-0.2, 0) is 6.54 Å². The second-order valence-electron chi connectivity index (χ2n) is 3.74. The van der Waals surface area contributed by atoms with Crippen molar-refractivity contribution in [3.63, 3.8) is 0 Å². The summed E-state index contributed by atoms with van der Waals surface area (Å²) in [6, 6.07) is 6.00. The van der Waals surface area contributed by atoms with Gasteiger partial charge < -0.3 is 5.32 Å². The molecule has 1 amide bonds. The number of carbonyl (C=O) groups is 1. The van der Waals surface area contributed by atoms with E-state index in [1.165, 1.54) is 12.1 Å². The first-order valence-electron chi connectivity index (χ1n) is 5.19. The number of carbonyl (C=O) groups excluding carboxylic acids is 1. The molecule has 0 unspecified atom stereocenters. The summed E-state index contributed by atoms with van der Waals surface area (Å²) in [6.07, 6.45) is 1.59. The van der Waals surface area contributed by atoms with Crippen LogP contribution in [0.4, 0.5) is 4.39 Å². The predicted octanol–water partition coefficient (Wildman–Crippen LogP) is 1.79. The molecule has 0 bridgehead atoms. The molecule has 17 heavy (non-hydrogen) atoms. The van der Waals surface area contributed by atoms with Crippen LogP contribution >= 0.6 is 0 Å². The van der Waals surface area contributed by atoms with Crippen molar-refractivity contribution in [2.45, 2.75) is 13.5 Å². The third kappa shape index (κ3) is 2.69. The van der Waals surface area contributed by atoms with Crippen LogP contribution in [0.5, 0.6) is 0 Å². The van der Waals surface area contributed by atoms with E-state index in [1.54, 1.807) is 25.3 Å². The fraction of sp³-hybridized carbons (Fsp3) is 0.167. The van der Waals surface area contributed by atoms with Crippen LogP contribution in [0.2, 0.25) is 0 Å². The SMILES string of the molecule is Cc1cn[nH]c1C(=O)NCc1ccc(F)cc1. The average Bonchev–Trinajstić information content (AvgIpc) is 2.74. The number of benzene rings is 1. The molecule has 0 aliphatic heterocycles. The van der Waals surface area contributed by atoms with Crippen LogP contribution < -0.4 is 5.32 Å². The monoisotopic (exact) mass is 233 g/mol. The van der Waals surface area contributed by atoms with Crippen molar-refractivity contribution in [1.82, 2.24) is 15.5 Å². The molecule has 0 aliphatic rings. The van der Waals surface area contributed by atoms with E-state index in [2.05, 4.69) is 15.5 Å². The van der Waals surface area contributed by atoms with Crippen LogP contribution in [0.3, 0.4) is 0 Å². The molecule has 0 fully saturated rings. The van der Waals surface area contributed by atoms with Crippen molar-refractivity contribution < 1.29 is 9.18 Å². The molecule has 0 spiro atoms. The number of hydrogen-bond acceptors (Lipinski definition) is 2. The van der Waals surface area contributed by atoms with Gasteiger partial charge in [-0.25, -0.2) is 4.39 Å². The number of rotatable bonds is 3. The van der Waals surface area contributed by atoms with Crippen molar-refractivity contribution in [2.24, 2.45) is 0 Å². The van der Waals surface area contributed by atoms with E-state index >= 15 is 0 Å². The zero-order valence-corrected chi connectivity index (χ0v) is 9.33. The fourth-order valence-electron chi connectivity index (χ4n) is 1.45. The number of halogens is 1. The van der Waals surface area contributed by atoms with Gasteiger partial charge in [0.05, 0.1) is 6.20 Å². The van der Waals surface area contributed by atoms with Crippen LogP contribution in [-0.4, -0.2) is 16.1 Å². The van der Waals surface area contributed by atoms with Gasteiger partial charge in [0.15, 0.2) is 0 Å². The molecule has 0 saturated heterocycles. The molecule has 4 nitrogen and oxygen atoms in total. The lowest BCUT2D eigenvalue weighted by Gasteiger charge is -2.04. The second-order valence-corrected chi connectivity index (χ2v) is 3.74. The Balaban J connectivity index is 1.97. The Bertz CT molecular complexity index is 519. The molecule has 1 heterocycles. The van der Waals surface area contributed by atoms with Gasteiger partial charge in [-0.1, -0.05) is 12.1 Å². The largest absolute Gasteiger partial charge is 0.347 e. The molecular formula is C12H12FN3O. The summed E-state index contributed by atoms with van der Waals surface area (Å²) in [5, 5.41) is 9.13. The molecule has 1 aromatic heterocycles. The van der Waals surface area contributed by atoms with Gasteiger partial charge in [0.1, 0.15) is 11.5 Å². The van der Waals surface area contributed by atoms with Crippen LogP contribution in [0.25, 0.3) is 0 Å². The van der Waals surface area contributed by atoms with E-state index in [9.17, 15) is 9.18 Å². The van der Waals surface area contributed by atoms with Gasteiger partial charge in [-0.05, 0) is 30.2 Å². The van der Waals surface area contributed by atoms with E-state index in [1.807, 2.05) is 0 Å². The molecular weight excluding hydrogens is 221 g/mol. The predicted molar refractivity (Wildman–Crippen MR) is 60.9 cm³/mol. The van der Waals surface area contributed by atoms with Crippen LogP contribution in [0.1, 0.15) is 21.6 Å². The minimum absolute atomic E-state index is 0.218. The van der Waals surface area contributed by atoms with E-state index < -0.39 is 0 Å². The van der Waals surface area contributed by atoms with E-state index in [0.717, 1.165) is 11.1 Å². The second kappa shape index (κ2) is 4.78. The zero-order chi connectivity index (χ0) is 12.3. The van der Waals surface area contributed by atoms with Gasteiger partial charge >= 0.3 is 0 Å². The Morgan fingerprint density at radius 3 is 2.71 bits per heavy atom. The smallest absolute Gasteiger partial charge is 0.269 e. The number of hydrogen-bond donors (Lipinski definition) is 2. The maximum Gasteiger partial charge on any atom is 0.269 e. The summed E-state index contributed by atoms with van der Waals surface area (Å²) in [4.78, 5) is 11.7. The van der Waals surface area contributed by atoms with Gasteiger partial charge in [0.2, 0.25) is 0 Å².